The Morgan fingerprint density at radius 3 is 2.41 bits per heavy atom. The number of sulfonamides is 1. The van der Waals surface area contributed by atoms with Gasteiger partial charge in [0.15, 0.2) is 0 Å². The summed E-state index contributed by atoms with van der Waals surface area (Å²) in [4.78, 5) is 12.5. The molecule has 144 valence electrons. The van der Waals surface area contributed by atoms with Crippen molar-refractivity contribution in [2.45, 2.75) is 37.5 Å². The average Bonchev–Trinajstić information content (AvgIpc) is 2.66. The molecule has 27 heavy (non-hydrogen) atoms. The minimum absolute atomic E-state index is 0.141. The van der Waals surface area contributed by atoms with Gasteiger partial charge in [0.2, 0.25) is 15.9 Å². The zero-order valence-corrected chi connectivity index (χ0v) is 16.1. The van der Waals surface area contributed by atoms with Gasteiger partial charge in [-0.3, -0.25) is 4.79 Å². The second kappa shape index (κ2) is 8.10. The fourth-order valence-electron chi connectivity index (χ4n) is 3.20. The number of phenolic OH excluding ortho intramolecular Hbond substituents is 1. The SMILES string of the molecule is Cc1ccc(NC(=O)Cc2ccc(O)cc2)cc1S(=O)(=O)N1CCCCC1. The number of nitrogens with zero attached hydrogens (tertiary/aromatic N) is 1. The topological polar surface area (TPSA) is 86.7 Å². The summed E-state index contributed by atoms with van der Waals surface area (Å²) < 4.78 is 27.4. The van der Waals surface area contributed by atoms with E-state index < -0.39 is 10.0 Å². The van der Waals surface area contributed by atoms with Gasteiger partial charge < -0.3 is 10.4 Å². The van der Waals surface area contributed by atoms with Crippen molar-refractivity contribution in [2.75, 3.05) is 18.4 Å². The van der Waals surface area contributed by atoms with Gasteiger partial charge in [0.05, 0.1) is 11.3 Å². The number of hydrogen-bond donors (Lipinski definition) is 2. The van der Waals surface area contributed by atoms with Gasteiger partial charge in [0.25, 0.3) is 0 Å². The largest absolute Gasteiger partial charge is 0.508 e. The number of hydrogen-bond acceptors (Lipinski definition) is 4. The van der Waals surface area contributed by atoms with Gasteiger partial charge in [-0.2, -0.15) is 4.31 Å². The Labute approximate surface area is 159 Å². The quantitative estimate of drug-likeness (QED) is 0.824. The molecule has 1 heterocycles. The molecule has 0 aliphatic carbocycles. The Morgan fingerprint density at radius 2 is 1.74 bits per heavy atom. The van der Waals surface area contributed by atoms with Crippen LogP contribution in [0.25, 0.3) is 0 Å². The molecule has 1 fully saturated rings. The lowest BCUT2D eigenvalue weighted by Gasteiger charge is -2.26. The minimum Gasteiger partial charge on any atom is -0.508 e. The number of aryl methyl sites for hydroxylation is 1. The van der Waals surface area contributed by atoms with Crippen LogP contribution in [0.15, 0.2) is 47.4 Å². The van der Waals surface area contributed by atoms with Crippen LogP contribution in [0.3, 0.4) is 0 Å². The second-order valence-corrected chi connectivity index (χ2v) is 8.74. The van der Waals surface area contributed by atoms with Crippen LogP contribution < -0.4 is 5.32 Å². The third kappa shape index (κ3) is 4.67. The molecule has 2 N–H and O–H groups in total. The molecule has 0 aromatic heterocycles. The second-order valence-electron chi connectivity index (χ2n) is 6.84. The molecule has 0 saturated carbocycles. The number of aromatic hydroxyl groups is 1. The first-order chi connectivity index (χ1) is 12.9. The Hall–Kier alpha value is -2.38. The summed E-state index contributed by atoms with van der Waals surface area (Å²) in [6.07, 6.45) is 2.95. The highest BCUT2D eigenvalue weighted by Crippen LogP contribution is 2.26. The third-order valence-corrected chi connectivity index (χ3v) is 6.75. The Bertz CT molecular complexity index is 917. The number of anilines is 1. The maximum atomic E-state index is 13.0. The summed E-state index contributed by atoms with van der Waals surface area (Å²) in [5.74, 6) is -0.101. The van der Waals surface area contributed by atoms with Crippen LogP contribution in [0.5, 0.6) is 5.75 Å². The van der Waals surface area contributed by atoms with Gasteiger partial charge in [-0.1, -0.05) is 24.6 Å². The number of carbonyl (C=O) groups excluding carboxylic acids is 1. The predicted octanol–water partition coefficient (Wildman–Crippen LogP) is 3.06. The summed E-state index contributed by atoms with van der Waals surface area (Å²) in [6.45, 7) is 2.84. The Balaban J connectivity index is 1.76. The highest BCUT2D eigenvalue weighted by atomic mass is 32.2. The maximum absolute atomic E-state index is 13.0. The summed E-state index contributed by atoms with van der Waals surface area (Å²) in [5, 5.41) is 12.1. The van der Waals surface area contributed by atoms with Crippen molar-refractivity contribution in [2.24, 2.45) is 0 Å². The molecule has 1 amide bonds. The number of amides is 1. The number of phenols is 1. The van der Waals surface area contributed by atoms with Crippen molar-refractivity contribution >= 4 is 21.6 Å². The lowest BCUT2D eigenvalue weighted by atomic mass is 10.1. The molecule has 3 rings (SSSR count). The first-order valence-electron chi connectivity index (χ1n) is 9.05. The van der Waals surface area contributed by atoms with Crippen LogP contribution >= 0.6 is 0 Å². The molecule has 7 heteroatoms. The van der Waals surface area contributed by atoms with Crippen molar-refractivity contribution in [3.8, 4) is 5.75 Å². The fraction of sp³-hybridized carbons (Fsp3) is 0.350. The Kier molecular flexibility index (Phi) is 5.82. The fourth-order valence-corrected chi connectivity index (χ4v) is 4.97. The van der Waals surface area contributed by atoms with E-state index >= 15 is 0 Å². The first kappa shape index (κ1) is 19.4. The van der Waals surface area contributed by atoms with Crippen molar-refractivity contribution in [1.82, 2.24) is 4.31 Å². The summed E-state index contributed by atoms with van der Waals surface area (Å²) in [5.41, 5.74) is 1.88. The molecule has 0 radical (unpaired) electrons. The highest BCUT2D eigenvalue weighted by Gasteiger charge is 2.27. The molecule has 1 saturated heterocycles. The van der Waals surface area contributed by atoms with Gasteiger partial charge in [-0.05, 0) is 55.2 Å². The van der Waals surface area contributed by atoms with E-state index in [0.29, 0.717) is 24.3 Å². The molecule has 0 unspecified atom stereocenters. The third-order valence-electron chi connectivity index (χ3n) is 4.71. The number of nitrogens with one attached hydrogen (secondary N) is 1. The normalized spacial score (nSPS) is 15.4. The van der Waals surface area contributed by atoms with E-state index in [9.17, 15) is 18.3 Å². The van der Waals surface area contributed by atoms with E-state index in [0.717, 1.165) is 24.8 Å². The number of rotatable bonds is 5. The van der Waals surface area contributed by atoms with Crippen molar-refractivity contribution < 1.29 is 18.3 Å². The number of carbonyl (C=O) groups is 1. The number of benzene rings is 2. The zero-order valence-electron chi connectivity index (χ0n) is 15.3. The van der Waals surface area contributed by atoms with Crippen LogP contribution in [0.4, 0.5) is 5.69 Å². The molecule has 2 aromatic carbocycles. The molecule has 1 aliphatic rings. The summed E-state index contributed by atoms with van der Waals surface area (Å²) >= 11 is 0. The summed E-state index contributed by atoms with van der Waals surface area (Å²) in [6, 6.07) is 11.4. The van der Waals surface area contributed by atoms with Gasteiger partial charge >= 0.3 is 0 Å². The highest BCUT2D eigenvalue weighted by molar-refractivity contribution is 7.89. The molecule has 6 nitrogen and oxygen atoms in total. The lowest BCUT2D eigenvalue weighted by Crippen LogP contribution is -2.36. The van der Waals surface area contributed by atoms with Crippen LogP contribution in [-0.2, 0) is 21.2 Å². The summed E-state index contributed by atoms with van der Waals surface area (Å²) in [7, 11) is -3.56. The number of piperidine rings is 1. The van der Waals surface area contributed by atoms with E-state index in [1.54, 1.807) is 31.2 Å². The van der Waals surface area contributed by atoms with Crippen LogP contribution in [0.1, 0.15) is 30.4 Å². The van der Waals surface area contributed by atoms with Crippen LogP contribution in [0, 0.1) is 6.92 Å². The molecule has 0 spiro atoms. The van der Waals surface area contributed by atoms with Crippen molar-refractivity contribution in [3.05, 3.63) is 53.6 Å². The molecule has 2 aromatic rings. The van der Waals surface area contributed by atoms with Gasteiger partial charge in [-0.15, -0.1) is 0 Å². The van der Waals surface area contributed by atoms with Gasteiger partial charge in [0.1, 0.15) is 5.75 Å². The standard InChI is InChI=1S/C20H24N2O4S/c1-15-5-8-17(21-20(24)13-16-6-9-18(23)10-7-16)14-19(15)27(25,26)22-11-3-2-4-12-22/h5-10,14,23H,2-4,11-13H2,1H3,(H,21,24). The Morgan fingerprint density at radius 1 is 1.07 bits per heavy atom. The van der Waals surface area contributed by atoms with Crippen LogP contribution in [-0.4, -0.2) is 36.8 Å². The van der Waals surface area contributed by atoms with Gasteiger partial charge in [0, 0.05) is 18.8 Å². The monoisotopic (exact) mass is 388 g/mol. The predicted molar refractivity (Wildman–Crippen MR) is 104 cm³/mol. The van der Waals surface area contributed by atoms with Crippen molar-refractivity contribution in [1.29, 1.82) is 0 Å². The van der Waals surface area contributed by atoms with Gasteiger partial charge in [-0.25, -0.2) is 8.42 Å². The lowest BCUT2D eigenvalue weighted by molar-refractivity contribution is -0.115. The molecular weight excluding hydrogens is 364 g/mol. The maximum Gasteiger partial charge on any atom is 0.243 e. The van der Waals surface area contributed by atoms with E-state index in [2.05, 4.69) is 5.32 Å². The minimum atomic E-state index is -3.56. The molecule has 0 atom stereocenters. The van der Waals surface area contributed by atoms with E-state index in [4.69, 9.17) is 0 Å². The molecule has 0 bridgehead atoms. The van der Waals surface area contributed by atoms with E-state index in [1.807, 2.05) is 0 Å². The van der Waals surface area contributed by atoms with E-state index in [1.165, 1.54) is 22.5 Å². The molecular formula is C20H24N2O4S. The smallest absolute Gasteiger partial charge is 0.243 e. The van der Waals surface area contributed by atoms with E-state index in [-0.39, 0.29) is 23.0 Å². The van der Waals surface area contributed by atoms with Crippen LogP contribution in [0.2, 0.25) is 0 Å². The zero-order chi connectivity index (χ0) is 19.4. The van der Waals surface area contributed by atoms with Crippen molar-refractivity contribution in [3.63, 3.8) is 0 Å². The molecule has 1 aliphatic heterocycles. The average molecular weight is 388 g/mol. The first-order valence-corrected chi connectivity index (χ1v) is 10.5.